The Balaban J connectivity index is 1.86. The van der Waals surface area contributed by atoms with E-state index < -0.39 is 0 Å². The number of methoxy groups -OCH3 is 2. The molecule has 2 aromatic rings. The molecule has 3 atom stereocenters. The zero-order valence-electron chi connectivity index (χ0n) is 19.9. The summed E-state index contributed by atoms with van der Waals surface area (Å²) in [5.74, 6) is 0.804. The lowest BCUT2D eigenvalue weighted by Crippen LogP contribution is -2.44. The molecule has 0 unspecified atom stereocenters. The molecule has 0 radical (unpaired) electrons. The Morgan fingerprint density at radius 1 is 1.18 bits per heavy atom. The smallest absolute Gasteiger partial charge is 0.257 e. The highest BCUT2D eigenvalue weighted by atomic mass is 16.5. The Hall–Kier alpha value is -3.10. The van der Waals surface area contributed by atoms with Gasteiger partial charge in [0.15, 0.2) is 0 Å². The number of anilines is 1. The predicted octanol–water partition coefficient (Wildman–Crippen LogP) is 3.04. The standard InChI is InChI=1S/C25H33N3O5/c1-16-13-26-17(2)15-33-22-12-19(27-24(29)18-7-6-8-20(11-18)31-4)9-10-21(22)25(30)28(3)14-23(16)32-5/h6-12,16-17,23,26H,13-15H2,1-5H3,(H,27,29)/t16-,17-,23+/m0/s1. The molecule has 0 spiro atoms. The average Bonchev–Trinajstić information content (AvgIpc) is 2.83. The average molecular weight is 456 g/mol. The van der Waals surface area contributed by atoms with Crippen LogP contribution in [-0.2, 0) is 4.74 Å². The number of fused-ring (bicyclic) bond motifs is 1. The number of rotatable bonds is 4. The molecule has 1 heterocycles. The molecule has 2 amide bonds. The number of carbonyl (C=O) groups excluding carboxylic acids is 2. The predicted molar refractivity (Wildman–Crippen MR) is 127 cm³/mol. The number of benzene rings is 2. The molecule has 0 saturated heterocycles. The molecule has 0 bridgehead atoms. The summed E-state index contributed by atoms with van der Waals surface area (Å²) in [6.07, 6.45) is -0.0936. The van der Waals surface area contributed by atoms with Gasteiger partial charge in [0, 0.05) is 50.6 Å². The minimum absolute atomic E-state index is 0.0695. The molecule has 0 aromatic heterocycles. The van der Waals surface area contributed by atoms with E-state index in [1.54, 1.807) is 68.6 Å². The molecule has 3 rings (SSSR count). The molecule has 0 aliphatic carbocycles. The van der Waals surface area contributed by atoms with E-state index in [0.717, 1.165) is 6.54 Å². The quantitative estimate of drug-likeness (QED) is 0.737. The van der Waals surface area contributed by atoms with E-state index in [-0.39, 0.29) is 29.9 Å². The second kappa shape index (κ2) is 11.2. The minimum atomic E-state index is -0.280. The molecule has 33 heavy (non-hydrogen) atoms. The van der Waals surface area contributed by atoms with Crippen molar-refractivity contribution in [2.24, 2.45) is 5.92 Å². The molecular weight excluding hydrogens is 422 g/mol. The van der Waals surface area contributed by atoms with Crippen LogP contribution in [0.5, 0.6) is 11.5 Å². The summed E-state index contributed by atoms with van der Waals surface area (Å²) in [4.78, 5) is 27.6. The number of carbonyl (C=O) groups is 2. The fourth-order valence-corrected chi connectivity index (χ4v) is 3.70. The van der Waals surface area contributed by atoms with Gasteiger partial charge in [-0.25, -0.2) is 0 Å². The van der Waals surface area contributed by atoms with Gasteiger partial charge in [0.1, 0.15) is 18.1 Å². The lowest BCUT2D eigenvalue weighted by Gasteiger charge is -2.30. The van der Waals surface area contributed by atoms with E-state index in [2.05, 4.69) is 17.6 Å². The molecular formula is C25H33N3O5. The van der Waals surface area contributed by atoms with Gasteiger partial charge in [-0.3, -0.25) is 9.59 Å². The van der Waals surface area contributed by atoms with Crippen LogP contribution in [-0.4, -0.2) is 69.8 Å². The number of amides is 2. The second-order valence-electron chi connectivity index (χ2n) is 8.45. The van der Waals surface area contributed by atoms with E-state index >= 15 is 0 Å². The molecule has 8 nitrogen and oxygen atoms in total. The topological polar surface area (TPSA) is 89.1 Å². The van der Waals surface area contributed by atoms with Crippen LogP contribution in [0.4, 0.5) is 5.69 Å². The summed E-state index contributed by atoms with van der Waals surface area (Å²) in [6.45, 7) is 5.71. The van der Waals surface area contributed by atoms with Gasteiger partial charge in [0.25, 0.3) is 11.8 Å². The number of ether oxygens (including phenoxy) is 3. The Labute approximate surface area is 195 Å². The Morgan fingerprint density at radius 2 is 1.97 bits per heavy atom. The van der Waals surface area contributed by atoms with Crippen LogP contribution in [0.2, 0.25) is 0 Å². The van der Waals surface area contributed by atoms with E-state index in [9.17, 15) is 9.59 Å². The first-order valence-electron chi connectivity index (χ1n) is 11.1. The lowest BCUT2D eigenvalue weighted by atomic mass is 10.0. The monoisotopic (exact) mass is 455 g/mol. The molecule has 2 N–H and O–H groups in total. The van der Waals surface area contributed by atoms with E-state index in [0.29, 0.717) is 41.5 Å². The maximum atomic E-state index is 13.2. The SMILES string of the molecule is COc1cccc(C(=O)Nc2ccc3c(c2)OC[C@H](C)NC[C@H](C)[C@H](OC)CN(C)C3=O)c1. The molecule has 1 aliphatic heterocycles. The maximum absolute atomic E-state index is 13.2. The normalized spacial score (nSPS) is 21.8. The van der Waals surface area contributed by atoms with Crippen molar-refractivity contribution in [1.82, 2.24) is 10.2 Å². The van der Waals surface area contributed by atoms with Crippen molar-refractivity contribution >= 4 is 17.5 Å². The lowest BCUT2D eigenvalue weighted by molar-refractivity contribution is 0.0281. The third-order valence-electron chi connectivity index (χ3n) is 5.82. The third-order valence-corrected chi connectivity index (χ3v) is 5.82. The summed E-state index contributed by atoms with van der Waals surface area (Å²) in [7, 11) is 4.98. The fourth-order valence-electron chi connectivity index (χ4n) is 3.70. The van der Waals surface area contributed by atoms with Gasteiger partial charge in [-0.15, -0.1) is 0 Å². The zero-order chi connectivity index (χ0) is 24.0. The number of likely N-dealkylation sites (N-methyl/N-ethyl adjacent to an activating group) is 1. The Kier molecular flexibility index (Phi) is 8.30. The van der Waals surface area contributed by atoms with Gasteiger partial charge in [0.05, 0.1) is 18.8 Å². The van der Waals surface area contributed by atoms with Crippen molar-refractivity contribution < 1.29 is 23.8 Å². The van der Waals surface area contributed by atoms with Crippen molar-refractivity contribution in [1.29, 1.82) is 0 Å². The zero-order valence-corrected chi connectivity index (χ0v) is 19.9. The van der Waals surface area contributed by atoms with Crippen LogP contribution in [0.3, 0.4) is 0 Å². The maximum Gasteiger partial charge on any atom is 0.257 e. The minimum Gasteiger partial charge on any atom is -0.497 e. The number of nitrogens with one attached hydrogen (secondary N) is 2. The second-order valence-corrected chi connectivity index (χ2v) is 8.45. The van der Waals surface area contributed by atoms with Crippen LogP contribution in [0.15, 0.2) is 42.5 Å². The molecule has 0 saturated carbocycles. The van der Waals surface area contributed by atoms with Gasteiger partial charge in [-0.2, -0.15) is 0 Å². The highest BCUT2D eigenvalue weighted by Crippen LogP contribution is 2.26. The van der Waals surface area contributed by atoms with E-state index in [4.69, 9.17) is 14.2 Å². The first kappa shape index (κ1) is 24.5. The van der Waals surface area contributed by atoms with Gasteiger partial charge >= 0.3 is 0 Å². The molecule has 2 aromatic carbocycles. The molecule has 0 fully saturated rings. The molecule has 1 aliphatic rings. The van der Waals surface area contributed by atoms with Gasteiger partial charge < -0.3 is 29.7 Å². The van der Waals surface area contributed by atoms with Crippen molar-refractivity contribution in [3.63, 3.8) is 0 Å². The third kappa shape index (κ3) is 6.24. The summed E-state index contributed by atoms with van der Waals surface area (Å²) in [6, 6.07) is 12.1. The van der Waals surface area contributed by atoms with Gasteiger partial charge in [0.2, 0.25) is 0 Å². The molecule has 178 valence electrons. The number of hydrogen-bond donors (Lipinski definition) is 2. The summed E-state index contributed by atoms with van der Waals surface area (Å²) >= 11 is 0. The Morgan fingerprint density at radius 3 is 2.70 bits per heavy atom. The first-order chi connectivity index (χ1) is 15.8. The van der Waals surface area contributed by atoms with E-state index in [1.807, 2.05) is 6.92 Å². The van der Waals surface area contributed by atoms with Gasteiger partial charge in [-0.1, -0.05) is 13.0 Å². The highest BCUT2D eigenvalue weighted by Gasteiger charge is 2.25. The van der Waals surface area contributed by atoms with Crippen molar-refractivity contribution in [2.45, 2.75) is 26.0 Å². The number of hydrogen-bond acceptors (Lipinski definition) is 6. The van der Waals surface area contributed by atoms with Crippen LogP contribution in [0, 0.1) is 5.92 Å². The van der Waals surface area contributed by atoms with Crippen molar-refractivity contribution in [2.75, 3.05) is 46.3 Å². The first-order valence-corrected chi connectivity index (χ1v) is 11.1. The van der Waals surface area contributed by atoms with Crippen LogP contribution in [0.1, 0.15) is 34.6 Å². The largest absolute Gasteiger partial charge is 0.497 e. The number of nitrogens with zero attached hydrogens (tertiary/aromatic N) is 1. The van der Waals surface area contributed by atoms with E-state index in [1.165, 1.54) is 0 Å². The van der Waals surface area contributed by atoms with Crippen LogP contribution >= 0.6 is 0 Å². The summed E-state index contributed by atoms with van der Waals surface area (Å²) in [5.41, 5.74) is 1.44. The summed E-state index contributed by atoms with van der Waals surface area (Å²) in [5, 5.41) is 6.33. The van der Waals surface area contributed by atoms with Crippen molar-refractivity contribution in [3.8, 4) is 11.5 Å². The summed E-state index contributed by atoms with van der Waals surface area (Å²) < 4.78 is 16.9. The van der Waals surface area contributed by atoms with Crippen molar-refractivity contribution in [3.05, 3.63) is 53.6 Å². The molecule has 8 heteroatoms. The fraction of sp³-hybridized carbons (Fsp3) is 0.440. The Bertz CT molecular complexity index is 980. The van der Waals surface area contributed by atoms with Gasteiger partial charge in [-0.05, 0) is 43.2 Å². The van der Waals surface area contributed by atoms with Crippen LogP contribution < -0.4 is 20.1 Å². The highest BCUT2D eigenvalue weighted by molar-refractivity contribution is 6.05. The van der Waals surface area contributed by atoms with Crippen LogP contribution in [0.25, 0.3) is 0 Å².